The second kappa shape index (κ2) is 6.97. The van der Waals surface area contributed by atoms with E-state index in [-0.39, 0.29) is 12.6 Å². The minimum Gasteiger partial charge on any atom is -0.481 e. The number of urea groups is 1. The van der Waals surface area contributed by atoms with Crippen LogP contribution in [0, 0.1) is 12.8 Å². The molecule has 2 N–H and O–H groups in total. The van der Waals surface area contributed by atoms with Gasteiger partial charge in [-0.1, -0.05) is 13.0 Å². The molecule has 0 aromatic heterocycles. The molecule has 1 atom stereocenters. The normalized spacial score (nSPS) is 11.7. The Kier molecular flexibility index (Phi) is 5.58. The Bertz CT molecular complexity index is 529. The van der Waals surface area contributed by atoms with Crippen molar-refractivity contribution in [2.24, 2.45) is 5.92 Å². The Labute approximate surface area is 125 Å². The number of aliphatic carboxylic acids is 1. The second-order valence-electron chi connectivity index (χ2n) is 5.45. The van der Waals surface area contributed by atoms with Crippen LogP contribution in [0.3, 0.4) is 0 Å². The highest BCUT2D eigenvalue weighted by atomic mass is 16.4. The van der Waals surface area contributed by atoms with Crippen molar-refractivity contribution in [1.29, 1.82) is 0 Å². The Hall–Kier alpha value is -2.24. The van der Waals surface area contributed by atoms with Gasteiger partial charge in [0.25, 0.3) is 0 Å². The lowest BCUT2D eigenvalue weighted by atomic mass is 10.1. The fourth-order valence-corrected chi connectivity index (χ4v) is 1.96. The maximum Gasteiger partial charge on any atom is 0.321 e. The average Bonchev–Trinajstić information content (AvgIpc) is 2.40. The van der Waals surface area contributed by atoms with Crippen LogP contribution >= 0.6 is 0 Å². The first kappa shape index (κ1) is 16.8. The SMILES string of the molecule is Cc1ccc(NC(=O)N(C)CC(C)C(=O)O)cc1N(C)C. The summed E-state index contributed by atoms with van der Waals surface area (Å²) < 4.78 is 0. The Morgan fingerprint density at radius 3 is 2.43 bits per heavy atom. The van der Waals surface area contributed by atoms with Crippen LogP contribution in [-0.4, -0.2) is 49.7 Å². The molecule has 6 heteroatoms. The number of carboxylic acid groups (broad SMARTS) is 1. The predicted octanol–water partition coefficient (Wildman–Crippen LogP) is 2.25. The molecule has 6 nitrogen and oxygen atoms in total. The van der Waals surface area contributed by atoms with Gasteiger partial charge in [0, 0.05) is 39.1 Å². The Morgan fingerprint density at radius 2 is 1.90 bits per heavy atom. The molecule has 0 heterocycles. The summed E-state index contributed by atoms with van der Waals surface area (Å²) in [6.07, 6.45) is 0. The molecule has 1 unspecified atom stereocenters. The lowest BCUT2D eigenvalue weighted by molar-refractivity contribution is -0.141. The molecule has 21 heavy (non-hydrogen) atoms. The standard InChI is InChI=1S/C15H23N3O3/c1-10-6-7-12(8-13(10)17(3)4)16-15(21)18(5)9-11(2)14(19)20/h6-8,11H,9H2,1-5H3,(H,16,21)(H,19,20). The van der Waals surface area contributed by atoms with Gasteiger partial charge in [0.1, 0.15) is 0 Å². The molecule has 1 rings (SSSR count). The number of hydrogen-bond acceptors (Lipinski definition) is 3. The van der Waals surface area contributed by atoms with Crippen LogP contribution in [0.5, 0.6) is 0 Å². The van der Waals surface area contributed by atoms with Crippen LogP contribution in [0.4, 0.5) is 16.2 Å². The predicted molar refractivity (Wildman–Crippen MR) is 84.0 cm³/mol. The van der Waals surface area contributed by atoms with Crippen LogP contribution < -0.4 is 10.2 Å². The smallest absolute Gasteiger partial charge is 0.321 e. The number of carbonyl (C=O) groups is 2. The van der Waals surface area contributed by atoms with Crippen molar-refractivity contribution in [3.63, 3.8) is 0 Å². The quantitative estimate of drug-likeness (QED) is 0.873. The van der Waals surface area contributed by atoms with Crippen LogP contribution in [0.1, 0.15) is 12.5 Å². The number of aryl methyl sites for hydroxylation is 1. The largest absolute Gasteiger partial charge is 0.481 e. The fraction of sp³-hybridized carbons (Fsp3) is 0.467. The molecule has 0 fully saturated rings. The van der Waals surface area contributed by atoms with Crippen LogP contribution in [-0.2, 0) is 4.79 Å². The number of nitrogens with one attached hydrogen (secondary N) is 1. The summed E-state index contributed by atoms with van der Waals surface area (Å²) in [4.78, 5) is 26.2. The van der Waals surface area contributed by atoms with Crippen molar-refractivity contribution in [2.45, 2.75) is 13.8 Å². The third-order valence-electron chi connectivity index (χ3n) is 3.26. The first-order chi connectivity index (χ1) is 9.72. The molecule has 116 valence electrons. The maximum atomic E-state index is 12.0. The number of carbonyl (C=O) groups excluding carboxylic acids is 1. The van der Waals surface area contributed by atoms with Crippen molar-refractivity contribution >= 4 is 23.4 Å². The molecule has 0 aliphatic rings. The van der Waals surface area contributed by atoms with Crippen molar-refractivity contribution in [1.82, 2.24) is 4.90 Å². The minimum absolute atomic E-state index is 0.160. The van der Waals surface area contributed by atoms with Crippen molar-refractivity contribution in [3.8, 4) is 0 Å². The van der Waals surface area contributed by atoms with Gasteiger partial charge in [0.2, 0.25) is 0 Å². The lowest BCUT2D eigenvalue weighted by Gasteiger charge is -2.21. The zero-order valence-electron chi connectivity index (χ0n) is 13.2. The van der Waals surface area contributed by atoms with Gasteiger partial charge in [-0.2, -0.15) is 0 Å². The minimum atomic E-state index is -0.917. The molecule has 0 radical (unpaired) electrons. The molecule has 0 saturated carbocycles. The van der Waals surface area contributed by atoms with Crippen LogP contribution in [0.25, 0.3) is 0 Å². The zero-order chi connectivity index (χ0) is 16.2. The maximum absolute atomic E-state index is 12.0. The summed E-state index contributed by atoms with van der Waals surface area (Å²) in [5.74, 6) is -1.52. The highest BCUT2D eigenvalue weighted by Crippen LogP contribution is 2.22. The average molecular weight is 293 g/mol. The molecule has 2 amide bonds. The van der Waals surface area contributed by atoms with Crippen LogP contribution in [0.2, 0.25) is 0 Å². The number of anilines is 2. The topological polar surface area (TPSA) is 72.9 Å². The molecule has 0 aliphatic carbocycles. The van der Waals surface area contributed by atoms with E-state index in [4.69, 9.17) is 5.11 Å². The third kappa shape index (κ3) is 4.66. The number of hydrogen-bond donors (Lipinski definition) is 2. The molecule has 0 spiro atoms. The third-order valence-corrected chi connectivity index (χ3v) is 3.26. The van der Waals surface area contributed by atoms with Crippen molar-refractivity contribution in [3.05, 3.63) is 23.8 Å². The van der Waals surface area contributed by atoms with E-state index in [0.29, 0.717) is 5.69 Å². The molecular weight excluding hydrogens is 270 g/mol. The van der Waals surface area contributed by atoms with E-state index in [9.17, 15) is 9.59 Å². The van der Waals surface area contributed by atoms with Gasteiger partial charge in [-0.3, -0.25) is 4.79 Å². The van der Waals surface area contributed by atoms with Gasteiger partial charge in [-0.25, -0.2) is 4.79 Å². The first-order valence-electron chi connectivity index (χ1n) is 6.75. The first-order valence-corrected chi connectivity index (χ1v) is 6.75. The van der Waals surface area contributed by atoms with Crippen molar-refractivity contribution in [2.75, 3.05) is 37.9 Å². The summed E-state index contributed by atoms with van der Waals surface area (Å²) in [6.45, 7) is 3.73. The highest BCUT2D eigenvalue weighted by molar-refractivity contribution is 5.90. The van der Waals surface area contributed by atoms with Crippen LogP contribution in [0.15, 0.2) is 18.2 Å². The molecular formula is C15H23N3O3. The lowest BCUT2D eigenvalue weighted by Crippen LogP contribution is -2.36. The summed E-state index contributed by atoms with van der Waals surface area (Å²) in [6, 6.07) is 5.33. The van der Waals surface area contributed by atoms with Gasteiger partial charge in [0.15, 0.2) is 0 Å². The second-order valence-corrected chi connectivity index (χ2v) is 5.45. The zero-order valence-corrected chi connectivity index (χ0v) is 13.2. The van der Waals surface area contributed by atoms with Gasteiger partial charge in [-0.15, -0.1) is 0 Å². The van der Waals surface area contributed by atoms with E-state index in [1.54, 1.807) is 14.0 Å². The number of benzene rings is 1. The Balaban J connectivity index is 2.74. The number of carboxylic acids is 1. The van der Waals surface area contributed by atoms with E-state index in [1.165, 1.54) is 4.90 Å². The van der Waals surface area contributed by atoms with Crippen molar-refractivity contribution < 1.29 is 14.7 Å². The van der Waals surface area contributed by atoms with E-state index >= 15 is 0 Å². The van der Waals surface area contributed by atoms with Gasteiger partial charge in [-0.05, 0) is 24.6 Å². The van der Waals surface area contributed by atoms with E-state index in [2.05, 4.69) is 5.32 Å². The summed E-state index contributed by atoms with van der Waals surface area (Å²) in [7, 11) is 5.46. The molecule has 0 aliphatic heterocycles. The summed E-state index contributed by atoms with van der Waals surface area (Å²) in [5.41, 5.74) is 2.82. The monoisotopic (exact) mass is 293 g/mol. The molecule has 0 saturated heterocycles. The number of nitrogens with zero attached hydrogens (tertiary/aromatic N) is 2. The van der Waals surface area contributed by atoms with E-state index in [0.717, 1.165) is 11.3 Å². The van der Waals surface area contributed by atoms with Gasteiger partial charge >= 0.3 is 12.0 Å². The number of amides is 2. The highest BCUT2D eigenvalue weighted by Gasteiger charge is 2.17. The van der Waals surface area contributed by atoms with E-state index in [1.807, 2.05) is 44.1 Å². The van der Waals surface area contributed by atoms with Gasteiger partial charge < -0.3 is 20.2 Å². The number of rotatable bonds is 5. The van der Waals surface area contributed by atoms with Gasteiger partial charge in [0.05, 0.1) is 5.92 Å². The van der Waals surface area contributed by atoms with E-state index < -0.39 is 11.9 Å². The summed E-state index contributed by atoms with van der Waals surface area (Å²) >= 11 is 0. The summed E-state index contributed by atoms with van der Waals surface area (Å²) in [5, 5.41) is 11.6. The fourth-order valence-electron chi connectivity index (χ4n) is 1.96. The molecule has 0 bridgehead atoms. The molecule has 1 aromatic rings. The Morgan fingerprint density at radius 1 is 1.29 bits per heavy atom. The molecule has 1 aromatic carbocycles.